The smallest absolute Gasteiger partial charge is 0.192 e. The highest BCUT2D eigenvalue weighted by molar-refractivity contribution is 6.67. The Labute approximate surface area is 132 Å². The molecule has 0 aliphatic heterocycles. The molecule has 6 heteroatoms. The van der Waals surface area contributed by atoms with E-state index in [1.54, 1.807) is 18.4 Å². The molecule has 0 saturated carbocycles. The summed E-state index contributed by atoms with van der Waals surface area (Å²) in [6.07, 6.45) is 1.70. The summed E-state index contributed by atoms with van der Waals surface area (Å²) in [4.78, 5) is 12.5. The second-order valence-corrected chi connectivity index (χ2v) is 6.98. The van der Waals surface area contributed by atoms with Gasteiger partial charge in [-0.15, -0.1) is 0 Å². The minimum atomic E-state index is -1.47. The molecule has 1 aromatic carbocycles. The highest BCUT2D eigenvalue weighted by Gasteiger charge is 2.30. The number of hydrogen-bond donors (Lipinski definition) is 1. The van der Waals surface area contributed by atoms with Crippen LogP contribution in [0.1, 0.15) is 23.7 Å². The zero-order valence-corrected chi connectivity index (χ0v) is 13.1. The van der Waals surface area contributed by atoms with E-state index in [1.165, 1.54) is 0 Å². The molecule has 0 bridgehead atoms. The molecule has 1 atom stereocenters. The van der Waals surface area contributed by atoms with Crippen molar-refractivity contribution in [1.82, 2.24) is 5.32 Å². The van der Waals surface area contributed by atoms with Crippen molar-refractivity contribution in [2.75, 3.05) is 6.54 Å². The SMILES string of the molecule is CCNC(CC(Cl)(Cl)Cl)C(=O)c1ccc2ccoc2c1. The van der Waals surface area contributed by atoms with Crippen LogP contribution in [-0.2, 0) is 0 Å². The zero-order chi connectivity index (χ0) is 14.8. The number of rotatable bonds is 5. The fourth-order valence-corrected chi connectivity index (χ4v) is 2.51. The first-order valence-electron chi connectivity index (χ1n) is 6.22. The van der Waals surface area contributed by atoms with Gasteiger partial charge in [-0.1, -0.05) is 53.9 Å². The van der Waals surface area contributed by atoms with Gasteiger partial charge in [0.05, 0.1) is 12.3 Å². The first kappa shape index (κ1) is 15.6. The summed E-state index contributed by atoms with van der Waals surface area (Å²) in [5, 5.41) is 3.99. The van der Waals surface area contributed by atoms with E-state index >= 15 is 0 Å². The van der Waals surface area contributed by atoms with Gasteiger partial charge in [0.15, 0.2) is 9.58 Å². The fourth-order valence-electron chi connectivity index (χ4n) is 2.04. The maximum absolute atomic E-state index is 12.5. The van der Waals surface area contributed by atoms with Gasteiger partial charge in [-0.05, 0) is 18.7 Å². The van der Waals surface area contributed by atoms with Crippen molar-refractivity contribution in [3.05, 3.63) is 36.1 Å². The lowest BCUT2D eigenvalue weighted by Crippen LogP contribution is -2.39. The Morgan fingerprint density at radius 2 is 2.10 bits per heavy atom. The Kier molecular flexibility index (Phi) is 4.97. The fraction of sp³-hybridized carbons (Fsp3) is 0.357. The van der Waals surface area contributed by atoms with E-state index in [1.807, 2.05) is 19.1 Å². The summed E-state index contributed by atoms with van der Waals surface area (Å²) in [5.41, 5.74) is 1.20. The summed E-state index contributed by atoms with van der Waals surface area (Å²) in [6, 6.07) is 6.60. The molecule has 1 N–H and O–H groups in total. The Morgan fingerprint density at radius 1 is 1.35 bits per heavy atom. The van der Waals surface area contributed by atoms with Crippen molar-refractivity contribution >= 4 is 51.6 Å². The average Bonchev–Trinajstić information content (AvgIpc) is 2.83. The molecule has 1 unspecified atom stereocenters. The predicted molar refractivity (Wildman–Crippen MR) is 82.9 cm³/mol. The third-order valence-electron chi connectivity index (χ3n) is 2.94. The minimum Gasteiger partial charge on any atom is -0.464 e. The standard InChI is InChI=1S/C14H14Cl3NO2/c1-2-18-11(8-14(15,16)17)13(19)10-4-3-9-5-6-20-12(9)7-10/h3-7,11,18H,2,8H2,1H3. The number of benzene rings is 1. The molecular weight excluding hydrogens is 321 g/mol. The number of ketones is 1. The number of hydrogen-bond acceptors (Lipinski definition) is 3. The molecule has 0 aliphatic carbocycles. The quantitative estimate of drug-likeness (QED) is 0.653. The molecule has 1 aromatic heterocycles. The Morgan fingerprint density at radius 3 is 2.75 bits per heavy atom. The molecule has 0 spiro atoms. The molecular formula is C14H14Cl3NO2. The average molecular weight is 335 g/mol. The van der Waals surface area contributed by atoms with E-state index in [-0.39, 0.29) is 12.2 Å². The molecule has 0 amide bonds. The molecule has 0 radical (unpaired) electrons. The van der Waals surface area contributed by atoms with Crippen LogP contribution in [0.3, 0.4) is 0 Å². The highest BCUT2D eigenvalue weighted by atomic mass is 35.6. The first-order chi connectivity index (χ1) is 9.40. The Bertz CT molecular complexity index is 604. The van der Waals surface area contributed by atoms with E-state index < -0.39 is 9.83 Å². The molecule has 1 heterocycles. The molecule has 0 aliphatic rings. The van der Waals surface area contributed by atoms with Crippen molar-refractivity contribution in [3.8, 4) is 0 Å². The lowest BCUT2D eigenvalue weighted by molar-refractivity contribution is 0.0939. The number of halogens is 3. The molecule has 3 nitrogen and oxygen atoms in total. The van der Waals surface area contributed by atoms with Gasteiger partial charge >= 0.3 is 0 Å². The summed E-state index contributed by atoms with van der Waals surface area (Å²) in [5.74, 6) is -0.114. The first-order valence-corrected chi connectivity index (χ1v) is 7.35. The van der Waals surface area contributed by atoms with Gasteiger partial charge in [0.1, 0.15) is 5.58 Å². The van der Waals surface area contributed by atoms with Crippen LogP contribution in [0.15, 0.2) is 34.9 Å². The normalized spacial score (nSPS) is 13.6. The number of fused-ring (bicyclic) bond motifs is 1. The number of carbonyl (C=O) groups is 1. The number of nitrogens with one attached hydrogen (secondary N) is 1. The van der Waals surface area contributed by atoms with Gasteiger partial charge in [-0.2, -0.15) is 0 Å². The number of alkyl halides is 3. The maximum Gasteiger partial charge on any atom is 0.192 e. The summed E-state index contributed by atoms with van der Waals surface area (Å²) in [7, 11) is 0. The van der Waals surface area contributed by atoms with Crippen LogP contribution < -0.4 is 5.32 Å². The summed E-state index contributed by atoms with van der Waals surface area (Å²) < 4.78 is 3.82. The largest absolute Gasteiger partial charge is 0.464 e. The van der Waals surface area contributed by atoms with Gasteiger partial charge in [-0.25, -0.2) is 0 Å². The predicted octanol–water partition coefficient (Wildman–Crippen LogP) is 4.35. The lowest BCUT2D eigenvalue weighted by atomic mass is 10.0. The van der Waals surface area contributed by atoms with Crippen molar-refractivity contribution in [2.24, 2.45) is 0 Å². The van der Waals surface area contributed by atoms with Crippen LogP contribution in [0.25, 0.3) is 11.0 Å². The minimum absolute atomic E-state index is 0.112. The number of furan rings is 1. The second-order valence-electron chi connectivity index (χ2n) is 4.47. The van der Waals surface area contributed by atoms with Crippen LogP contribution in [0.5, 0.6) is 0 Å². The van der Waals surface area contributed by atoms with Crippen LogP contribution in [-0.4, -0.2) is 22.2 Å². The van der Waals surface area contributed by atoms with Crippen LogP contribution in [0, 0.1) is 0 Å². The molecule has 2 rings (SSSR count). The number of Topliss-reactive ketones (excluding diaryl/α,β-unsaturated/α-hetero) is 1. The van der Waals surface area contributed by atoms with E-state index in [2.05, 4.69) is 5.32 Å². The molecule has 0 fully saturated rings. The molecule has 108 valence electrons. The lowest BCUT2D eigenvalue weighted by Gasteiger charge is -2.21. The monoisotopic (exact) mass is 333 g/mol. The third kappa shape index (κ3) is 3.89. The maximum atomic E-state index is 12.5. The molecule has 0 saturated heterocycles. The highest BCUT2D eigenvalue weighted by Crippen LogP contribution is 2.32. The van der Waals surface area contributed by atoms with Crippen LogP contribution >= 0.6 is 34.8 Å². The van der Waals surface area contributed by atoms with Crippen molar-refractivity contribution in [1.29, 1.82) is 0 Å². The molecule has 2 aromatic rings. The van der Waals surface area contributed by atoms with Crippen molar-refractivity contribution in [3.63, 3.8) is 0 Å². The number of carbonyl (C=O) groups excluding carboxylic acids is 1. The van der Waals surface area contributed by atoms with E-state index in [9.17, 15) is 4.79 Å². The third-order valence-corrected chi connectivity index (χ3v) is 3.41. The van der Waals surface area contributed by atoms with E-state index in [0.717, 1.165) is 5.39 Å². The van der Waals surface area contributed by atoms with Crippen LogP contribution in [0.2, 0.25) is 0 Å². The Hall–Kier alpha value is -0.740. The van der Waals surface area contributed by atoms with Crippen molar-refractivity contribution < 1.29 is 9.21 Å². The topological polar surface area (TPSA) is 42.2 Å². The second kappa shape index (κ2) is 6.35. The summed E-state index contributed by atoms with van der Waals surface area (Å²) >= 11 is 17.4. The van der Waals surface area contributed by atoms with Gasteiger partial charge in [-0.3, -0.25) is 4.79 Å². The van der Waals surface area contributed by atoms with E-state index in [0.29, 0.717) is 17.7 Å². The van der Waals surface area contributed by atoms with Crippen molar-refractivity contribution in [2.45, 2.75) is 23.2 Å². The van der Waals surface area contributed by atoms with Gasteiger partial charge in [0.25, 0.3) is 0 Å². The molecule has 20 heavy (non-hydrogen) atoms. The van der Waals surface area contributed by atoms with Gasteiger partial charge in [0, 0.05) is 17.4 Å². The zero-order valence-electron chi connectivity index (χ0n) is 10.8. The van der Waals surface area contributed by atoms with Crippen LogP contribution in [0.4, 0.5) is 0 Å². The summed E-state index contributed by atoms with van der Waals surface area (Å²) in [6.45, 7) is 2.51. The van der Waals surface area contributed by atoms with E-state index in [4.69, 9.17) is 39.2 Å². The Balaban J connectivity index is 2.25. The van der Waals surface area contributed by atoms with Gasteiger partial charge < -0.3 is 9.73 Å². The number of likely N-dealkylation sites (N-methyl/N-ethyl adjacent to an activating group) is 1. The van der Waals surface area contributed by atoms with Gasteiger partial charge in [0.2, 0.25) is 0 Å².